The fourth-order valence-corrected chi connectivity index (χ4v) is 2.04. The van der Waals surface area contributed by atoms with Gasteiger partial charge in [0, 0.05) is 16.9 Å². The Morgan fingerprint density at radius 3 is 1.94 bits per heavy atom. The minimum atomic E-state index is 0.776. The van der Waals surface area contributed by atoms with E-state index in [1.54, 1.807) is 0 Å². The molecule has 0 bridgehead atoms. The average molecular weight is 270 g/mol. The Balaban J connectivity index is 2.78. The van der Waals surface area contributed by atoms with Gasteiger partial charge in [0.15, 0.2) is 0 Å². The molecule has 2 rings (SSSR count). The Morgan fingerprint density at radius 1 is 1.00 bits per heavy atom. The molecule has 2 aromatic rings. The summed E-state index contributed by atoms with van der Waals surface area (Å²) in [5.41, 5.74) is 2.43. The maximum atomic E-state index is 5.50. The fourth-order valence-electron chi connectivity index (χ4n) is 1.58. The highest BCUT2D eigenvalue weighted by molar-refractivity contribution is 9.10. The molecule has 0 aliphatic heterocycles. The molecule has 1 nitrogen and oxygen atoms in total. The lowest BCUT2D eigenvalue weighted by Crippen LogP contribution is -1.98. The van der Waals surface area contributed by atoms with Crippen LogP contribution < -0.4 is 0 Å². The molecule has 76 valence electrons. The molecule has 0 atom stereocenters. The van der Waals surface area contributed by atoms with Crippen molar-refractivity contribution in [2.45, 2.75) is 0 Å². The van der Waals surface area contributed by atoms with Crippen molar-refractivity contribution in [2.24, 2.45) is 0 Å². The van der Waals surface area contributed by atoms with Crippen molar-refractivity contribution in [2.75, 3.05) is 0 Å². The Labute approximate surface area is 103 Å². The lowest BCUT2D eigenvalue weighted by molar-refractivity contribution is 1.07. The Kier molecular flexibility index (Phi) is 2.86. The van der Waals surface area contributed by atoms with E-state index in [0.717, 1.165) is 21.3 Å². The molecule has 1 aromatic carbocycles. The summed E-state index contributed by atoms with van der Waals surface area (Å²) < 4.78 is 2.82. The summed E-state index contributed by atoms with van der Waals surface area (Å²) in [6, 6.07) is 7.64. The van der Waals surface area contributed by atoms with E-state index in [1.807, 2.05) is 41.2 Å². The first-order valence-corrected chi connectivity index (χ1v) is 5.45. The van der Waals surface area contributed by atoms with Crippen molar-refractivity contribution in [3.63, 3.8) is 0 Å². The van der Waals surface area contributed by atoms with Crippen LogP contribution >= 0.6 is 15.9 Å². The topological polar surface area (TPSA) is 4.93 Å². The van der Waals surface area contributed by atoms with Gasteiger partial charge in [-0.2, -0.15) is 0 Å². The molecular weight excluding hydrogens is 262 g/mol. The quantitative estimate of drug-likeness (QED) is 0.701. The molecule has 0 aliphatic carbocycles. The lowest BCUT2D eigenvalue weighted by atomic mass is 10.1. The standard InChI is InChI=1S/C14H8BrN/c1-3-11-9-13(15)10-12(4-2)14(11)16-7-5-6-8-16/h1-2,5-10H. The second kappa shape index (κ2) is 4.31. The molecule has 0 radical (unpaired) electrons. The van der Waals surface area contributed by atoms with Gasteiger partial charge in [-0.15, -0.1) is 12.8 Å². The first-order valence-electron chi connectivity index (χ1n) is 4.66. The predicted octanol–water partition coefficient (Wildman–Crippen LogP) is 3.20. The summed E-state index contributed by atoms with van der Waals surface area (Å²) >= 11 is 3.39. The maximum absolute atomic E-state index is 5.50. The van der Waals surface area contributed by atoms with Crippen LogP contribution in [0.4, 0.5) is 0 Å². The third kappa shape index (κ3) is 1.76. The predicted molar refractivity (Wildman–Crippen MR) is 69.3 cm³/mol. The largest absolute Gasteiger partial charge is 0.322 e. The second-order valence-corrected chi connectivity index (χ2v) is 4.14. The van der Waals surface area contributed by atoms with E-state index in [2.05, 4.69) is 27.8 Å². The van der Waals surface area contributed by atoms with E-state index in [-0.39, 0.29) is 0 Å². The van der Waals surface area contributed by atoms with Crippen molar-refractivity contribution in [3.8, 4) is 30.4 Å². The van der Waals surface area contributed by atoms with E-state index in [0.29, 0.717) is 0 Å². The molecule has 0 aliphatic rings. The normalized spacial score (nSPS) is 9.44. The van der Waals surface area contributed by atoms with Crippen molar-refractivity contribution in [1.82, 2.24) is 4.57 Å². The summed E-state index contributed by atoms with van der Waals surface area (Å²) in [7, 11) is 0. The van der Waals surface area contributed by atoms with Crippen LogP contribution in [0.15, 0.2) is 41.1 Å². The van der Waals surface area contributed by atoms with Gasteiger partial charge in [0.25, 0.3) is 0 Å². The van der Waals surface area contributed by atoms with E-state index in [9.17, 15) is 0 Å². The van der Waals surface area contributed by atoms with Gasteiger partial charge in [0.05, 0.1) is 16.8 Å². The van der Waals surface area contributed by atoms with E-state index in [4.69, 9.17) is 12.8 Å². The minimum absolute atomic E-state index is 0.776. The van der Waals surface area contributed by atoms with Crippen molar-refractivity contribution < 1.29 is 0 Å². The van der Waals surface area contributed by atoms with Gasteiger partial charge in [0.2, 0.25) is 0 Å². The smallest absolute Gasteiger partial charge is 0.0765 e. The molecule has 0 N–H and O–H groups in total. The van der Waals surface area contributed by atoms with Crippen molar-refractivity contribution >= 4 is 15.9 Å². The molecule has 0 saturated heterocycles. The summed E-state index contributed by atoms with van der Waals surface area (Å²) in [5, 5.41) is 0. The van der Waals surface area contributed by atoms with Crippen LogP contribution in [0.1, 0.15) is 11.1 Å². The summed E-state index contributed by atoms with van der Waals surface area (Å²) in [6.07, 6.45) is 14.8. The highest BCUT2D eigenvalue weighted by Gasteiger charge is 2.08. The summed E-state index contributed by atoms with van der Waals surface area (Å²) in [4.78, 5) is 0. The molecule has 1 aromatic heterocycles. The van der Waals surface area contributed by atoms with Gasteiger partial charge in [0.1, 0.15) is 0 Å². The zero-order valence-corrected chi connectivity index (χ0v) is 10.0. The van der Waals surface area contributed by atoms with Gasteiger partial charge >= 0.3 is 0 Å². The number of halogens is 1. The highest BCUT2D eigenvalue weighted by Crippen LogP contribution is 2.24. The van der Waals surface area contributed by atoms with E-state index >= 15 is 0 Å². The molecule has 0 fully saturated rings. The third-order valence-corrected chi connectivity index (χ3v) is 2.71. The number of aromatic nitrogens is 1. The van der Waals surface area contributed by atoms with Crippen LogP contribution in [0.2, 0.25) is 0 Å². The molecule has 0 unspecified atom stereocenters. The molecule has 1 heterocycles. The zero-order valence-electron chi connectivity index (χ0n) is 8.44. The zero-order chi connectivity index (χ0) is 11.5. The van der Waals surface area contributed by atoms with Crippen LogP contribution in [-0.2, 0) is 0 Å². The first kappa shape index (κ1) is 10.6. The summed E-state index contributed by atoms with van der Waals surface area (Å²) in [6.45, 7) is 0. The Bertz CT molecular complexity index is 560. The molecule has 0 saturated carbocycles. The molecular formula is C14H8BrN. The van der Waals surface area contributed by atoms with Gasteiger partial charge < -0.3 is 4.57 Å². The number of terminal acetylenes is 2. The second-order valence-electron chi connectivity index (χ2n) is 3.23. The van der Waals surface area contributed by atoms with Crippen LogP contribution in [0.3, 0.4) is 0 Å². The fraction of sp³-hybridized carbons (Fsp3) is 0. The van der Waals surface area contributed by atoms with Gasteiger partial charge in [-0.05, 0) is 24.3 Å². The minimum Gasteiger partial charge on any atom is -0.322 e. The van der Waals surface area contributed by atoms with Crippen LogP contribution in [0.25, 0.3) is 5.69 Å². The summed E-state index contributed by atoms with van der Waals surface area (Å²) in [5.74, 6) is 5.31. The number of hydrogen-bond donors (Lipinski definition) is 0. The highest BCUT2D eigenvalue weighted by atomic mass is 79.9. The first-order chi connectivity index (χ1) is 7.76. The Morgan fingerprint density at radius 2 is 1.50 bits per heavy atom. The van der Waals surface area contributed by atoms with Crippen LogP contribution in [0, 0.1) is 24.7 Å². The lowest BCUT2D eigenvalue weighted by Gasteiger charge is -2.10. The SMILES string of the molecule is C#Cc1cc(Br)cc(C#C)c1-n1cccc1. The number of nitrogens with zero attached hydrogens (tertiary/aromatic N) is 1. The average Bonchev–Trinajstić information content (AvgIpc) is 2.80. The van der Waals surface area contributed by atoms with Gasteiger partial charge in [-0.25, -0.2) is 0 Å². The molecule has 2 heteroatoms. The monoisotopic (exact) mass is 269 g/mol. The van der Waals surface area contributed by atoms with Gasteiger partial charge in [-0.1, -0.05) is 27.8 Å². The number of hydrogen-bond acceptors (Lipinski definition) is 0. The van der Waals surface area contributed by atoms with Gasteiger partial charge in [-0.3, -0.25) is 0 Å². The van der Waals surface area contributed by atoms with E-state index in [1.165, 1.54) is 0 Å². The maximum Gasteiger partial charge on any atom is 0.0765 e. The number of rotatable bonds is 1. The van der Waals surface area contributed by atoms with Crippen molar-refractivity contribution in [1.29, 1.82) is 0 Å². The molecule has 0 amide bonds. The number of benzene rings is 1. The third-order valence-electron chi connectivity index (χ3n) is 2.25. The van der Waals surface area contributed by atoms with E-state index < -0.39 is 0 Å². The van der Waals surface area contributed by atoms with Crippen molar-refractivity contribution in [3.05, 3.63) is 52.3 Å². The molecule has 16 heavy (non-hydrogen) atoms. The van der Waals surface area contributed by atoms with Crippen LogP contribution in [-0.4, -0.2) is 4.57 Å². The molecule has 0 spiro atoms. The Hall–Kier alpha value is -1.90. The van der Waals surface area contributed by atoms with Crippen LogP contribution in [0.5, 0.6) is 0 Å².